The van der Waals surface area contributed by atoms with E-state index in [0.29, 0.717) is 0 Å². The van der Waals surface area contributed by atoms with Crippen molar-refractivity contribution in [2.45, 2.75) is 13.8 Å². The van der Waals surface area contributed by atoms with Crippen LogP contribution in [0.2, 0.25) is 0 Å². The van der Waals surface area contributed by atoms with E-state index in [0.717, 1.165) is 11.4 Å². The van der Waals surface area contributed by atoms with Gasteiger partial charge in [-0.1, -0.05) is 6.58 Å². The molecule has 1 heterocycles. The van der Waals surface area contributed by atoms with E-state index in [4.69, 9.17) is 0 Å². The van der Waals surface area contributed by atoms with Gasteiger partial charge in [-0.2, -0.15) is 0 Å². The van der Waals surface area contributed by atoms with Crippen LogP contribution in [0.4, 0.5) is 0 Å². The Hall–Kier alpha value is -0.850. The molecule has 0 saturated heterocycles. The van der Waals surface area contributed by atoms with Crippen molar-refractivity contribution < 1.29 is 0 Å². The zero-order valence-corrected chi connectivity index (χ0v) is 5.23. The summed E-state index contributed by atoms with van der Waals surface area (Å²) in [4.78, 5) is 4.10. The minimum Gasteiger partial charge on any atom is -0.254 e. The van der Waals surface area contributed by atoms with Gasteiger partial charge in [0.1, 0.15) is 0 Å². The van der Waals surface area contributed by atoms with Crippen molar-refractivity contribution in [2.75, 3.05) is 0 Å². The first-order chi connectivity index (χ1) is 3.70. The lowest BCUT2D eigenvalue weighted by molar-refractivity contribution is 1.35. The van der Waals surface area contributed by atoms with E-state index in [2.05, 4.69) is 11.6 Å². The van der Waals surface area contributed by atoms with Crippen LogP contribution in [-0.2, 0) is 0 Å². The Balaban J connectivity index is 2.95. The van der Waals surface area contributed by atoms with Crippen molar-refractivity contribution in [3.05, 3.63) is 23.9 Å². The van der Waals surface area contributed by atoms with E-state index < -0.39 is 0 Å². The van der Waals surface area contributed by atoms with Crippen molar-refractivity contribution in [3.63, 3.8) is 0 Å². The summed E-state index contributed by atoms with van der Waals surface area (Å²) in [5.74, 6) is 0. The fourth-order valence-corrected chi connectivity index (χ4v) is 0.730. The number of hydrogen-bond donors (Lipinski definition) is 0. The van der Waals surface area contributed by atoms with Gasteiger partial charge in [-0.05, 0) is 25.5 Å². The summed E-state index contributed by atoms with van der Waals surface area (Å²) in [6, 6.07) is 0. The molecule has 0 aromatic rings. The highest BCUT2D eigenvalue weighted by molar-refractivity contribution is 5.97. The third kappa shape index (κ3) is 0.713. The second-order valence-corrected chi connectivity index (χ2v) is 2.03. The topological polar surface area (TPSA) is 12.4 Å². The lowest BCUT2D eigenvalue weighted by atomic mass is 10.2. The van der Waals surface area contributed by atoms with E-state index >= 15 is 0 Å². The Morgan fingerprint density at radius 3 is 2.25 bits per heavy atom. The maximum absolute atomic E-state index is 4.10. The summed E-state index contributed by atoms with van der Waals surface area (Å²) in [6.45, 7) is 7.72. The minimum absolute atomic E-state index is 0.905. The van der Waals surface area contributed by atoms with Gasteiger partial charge in [0.2, 0.25) is 0 Å². The third-order valence-electron chi connectivity index (χ3n) is 1.19. The molecule has 1 aliphatic heterocycles. The lowest BCUT2D eigenvalue weighted by Gasteiger charge is -1.85. The molecule has 8 heavy (non-hydrogen) atoms. The summed E-state index contributed by atoms with van der Waals surface area (Å²) in [5.41, 5.74) is 3.15. The van der Waals surface area contributed by atoms with Crippen molar-refractivity contribution in [1.82, 2.24) is 0 Å². The predicted octanol–water partition coefficient (Wildman–Crippen LogP) is 1.92. The summed E-state index contributed by atoms with van der Waals surface area (Å²) in [7, 11) is 0. The van der Waals surface area contributed by atoms with Crippen LogP contribution in [0.25, 0.3) is 0 Å². The van der Waals surface area contributed by atoms with Crippen LogP contribution in [0.15, 0.2) is 28.9 Å². The largest absolute Gasteiger partial charge is 0.254 e. The maximum Gasteiger partial charge on any atom is 0.0590 e. The first-order valence-electron chi connectivity index (χ1n) is 2.63. The standard InChI is InChI=1S/C7H9N/c1-5-4-6(2)8-7(5)3/h4H,3H2,1-2H3. The second kappa shape index (κ2) is 1.58. The highest BCUT2D eigenvalue weighted by Crippen LogP contribution is 2.14. The van der Waals surface area contributed by atoms with Gasteiger partial charge in [0.05, 0.1) is 5.70 Å². The van der Waals surface area contributed by atoms with E-state index in [-0.39, 0.29) is 0 Å². The average molecular weight is 107 g/mol. The molecule has 0 amide bonds. The summed E-state index contributed by atoms with van der Waals surface area (Å²) in [5, 5.41) is 0. The van der Waals surface area contributed by atoms with Crippen LogP contribution in [0.1, 0.15) is 13.8 Å². The maximum atomic E-state index is 4.10. The molecule has 0 bridgehead atoms. The van der Waals surface area contributed by atoms with Crippen LogP contribution >= 0.6 is 0 Å². The molecule has 0 atom stereocenters. The highest BCUT2D eigenvalue weighted by Gasteiger charge is 2.01. The Morgan fingerprint density at radius 2 is 2.12 bits per heavy atom. The fourth-order valence-electron chi connectivity index (χ4n) is 0.730. The molecule has 0 unspecified atom stereocenters. The van der Waals surface area contributed by atoms with Crippen molar-refractivity contribution in [2.24, 2.45) is 4.99 Å². The fraction of sp³-hybridized carbons (Fsp3) is 0.286. The number of rotatable bonds is 0. The molecule has 0 aromatic carbocycles. The van der Waals surface area contributed by atoms with E-state index in [1.807, 2.05) is 19.9 Å². The summed E-state index contributed by atoms with van der Waals surface area (Å²) < 4.78 is 0. The minimum atomic E-state index is 0.905. The van der Waals surface area contributed by atoms with Gasteiger partial charge in [0, 0.05) is 5.71 Å². The number of nitrogens with zero attached hydrogens (tertiary/aromatic N) is 1. The quantitative estimate of drug-likeness (QED) is 0.448. The van der Waals surface area contributed by atoms with Gasteiger partial charge in [0.15, 0.2) is 0 Å². The zero-order chi connectivity index (χ0) is 6.15. The first kappa shape index (κ1) is 5.29. The molecule has 0 N–H and O–H groups in total. The van der Waals surface area contributed by atoms with Crippen LogP contribution < -0.4 is 0 Å². The molecule has 0 aliphatic carbocycles. The first-order valence-corrected chi connectivity index (χ1v) is 2.63. The molecule has 1 nitrogen and oxygen atoms in total. The van der Waals surface area contributed by atoms with Crippen LogP contribution in [0.3, 0.4) is 0 Å². The number of hydrogen-bond acceptors (Lipinski definition) is 1. The second-order valence-electron chi connectivity index (χ2n) is 2.03. The molecular formula is C7H9N. The highest BCUT2D eigenvalue weighted by atomic mass is 14.8. The van der Waals surface area contributed by atoms with Gasteiger partial charge >= 0.3 is 0 Å². The summed E-state index contributed by atoms with van der Waals surface area (Å²) in [6.07, 6.45) is 2.03. The normalized spacial score (nSPS) is 18.5. The molecule has 0 saturated carbocycles. The van der Waals surface area contributed by atoms with Crippen molar-refractivity contribution >= 4 is 5.71 Å². The van der Waals surface area contributed by atoms with E-state index in [1.54, 1.807) is 0 Å². The molecule has 0 fully saturated rings. The molecule has 42 valence electrons. The van der Waals surface area contributed by atoms with Crippen LogP contribution in [0.5, 0.6) is 0 Å². The molecule has 0 radical (unpaired) electrons. The predicted molar refractivity (Wildman–Crippen MR) is 36.0 cm³/mol. The van der Waals surface area contributed by atoms with Crippen LogP contribution in [-0.4, -0.2) is 5.71 Å². The van der Waals surface area contributed by atoms with Crippen molar-refractivity contribution in [3.8, 4) is 0 Å². The molecule has 1 heteroatoms. The lowest BCUT2D eigenvalue weighted by Crippen LogP contribution is -1.73. The Labute approximate surface area is 49.4 Å². The molecule has 0 spiro atoms. The zero-order valence-electron chi connectivity index (χ0n) is 5.23. The Morgan fingerprint density at radius 1 is 1.50 bits per heavy atom. The molecule has 1 rings (SSSR count). The number of allylic oxidation sites excluding steroid dienone is 2. The van der Waals surface area contributed by atoms with Crippen LogP contribution in [0, 0.1) is 0 Å². The monoisotopic (exact) mass is 107 g/mol. The Bertz CT molecular complexity index is 182. The average Bonchev–Trinajstić information content (AvgIpc) is 1.85. The SMILES string of the molecule is C=C1N=C(C)C=C1C. The molecule has 1 aliphatic rings. The number of aliphatic imine (C=N–C) groups is 1. The Kier molecular flexibility index (Phi) is 1.05. The van der Waals surface area contributed by atoms with Gasteiger partial charge in [0.25, 0.3) is 0 Å². The van der Waals surface area contributed by atoms with Gasteiger partial charge in [-0.3, -0.25) is 4.99 Å². The van der Waals surface area contributed by atoms with E-state index in [1.165, 1.54) is 5.57 Å². The van der Waals surface area contributed by atoms with Gasteiger partial charge in [-0.15, -0.1) is 0 Å². The van der Waals surface area contributed by atoms with Crippen molar-refractivity contribution in [1.29, 1.82) is 0 Å². The molecular weight excluding hydrogens is 98.1 g/mol. The van der Waals surface area contributed by atoms with Gasteiger partial charge < -0.3 is 0 Å². The third-order valence-corrected chi connectivity index (χ3v) is 1.19. The smallest absolute Gasteiger partial charge is 0.0590 e. The summed E-state index contributed by atoms with van der Waals surface area (Å²) >= 11 is 0. The molecule has 0 aromatic heterocycles. The van der Waals surface area contributed by atoms with Gasteiger partial charge in [-0.25, -0.2) is 0 Å². The van der Waals surface area contributed by atoms with E-state index in [9.17, 15) is 0 Å².